The van der Waals surface area contributed by atoms with Gasteiger partial charge in [-0.15, -0.1) is 0 Å². The molecule has 0 aliphatic heterocycles. The van der Waals surface area contributed by atoms with Crippen molar-refractivity contribution in [3.63, 3.8) is 0 Å². The molecule has 2 heterocycles. The van der Waals surface area contributed by atoms with Gasteiger partial charge in [0.2, 0.25) is 0 Å². The third-order valence-electron chi connectivity index (χ3n) is 2.36. The summed E-state index contributed by atoms with van der Waals surface area (Å²) < 4.78 is 1.77. The highest BCUT2D eigenvalue weighted by Crippen LogP contribution is 2.23. The number of hydrogen-bond donors (Lipinski definition) is 2. The first-order valence-corrected chi connectivity index (χ1v) is 5.04. The number of nitrogens with two attached hydrogens (primary N) is 1. The molecule has 0 aliphatic rings. The largest absolute Gasteiger partial charge is 0.385 e. The molecule has 0 saturated heterocycles. The minimum Gasteiger partial charge on any atom is -0.385 e. The van der Waals surface area contributed by atoms with Crippen molar-refractivity contribution in [3.05, 3.63) is 34.7 Å². The summed E-state index contributed by atoms with van der Waals surface area (Å²) in [6, 6.07) is 3.57. The van der Waals surface area contributed by atoms with Crippen LogP contribution in [0.4, 0.5) is 0 Å². The van der Waals surface area contributed by atoms with Crippen LogP contribution in [0.25, 0.3) is 5.65 Å². The normalized spacial score (nSPS) is 13.3. The van der Waals surface area contributed by atoms with E-state index in [0.717, 1.165) is 5.69 Å². The molecule has 0 aromatic carbocycles. The number of fused-ring (bicyclic) bond motifs is 1. The first-order chi connectivity index (χ1) is 7.15. The third kappa shape index (κ3) is 1.61. The van der Waals surface area contributed by atoms with Crippen LogP contribution in [0.2, 0.25) is 5.02 Å². The number of hydrogen-bond acceptors (Lipinski definition) is 3. The van der Waals surface area contributed by atoms with Gasteiger partial charge in [-0.05, 0) is 19.1 Å². The number of imidazole rings is 1. The van der Waals surface area contributed by atoms with E-state index < -0.39 is 6.10 Å². The second kappa shape index (κ2) is 3.81. The first-order valence-electron chi connectivity index (χ1n) is 4.66. The third-order valence-corrected chi connectivity index (χ3v) is 2.66. The van der Waals surface area contributed by atoms with Crippen molar-refractivity contribution in [1.82, 2.24) is 9.38 Å². The maximum absolute atomic E-state index is 9.76. The lowest BCUT2D eigenvalue weighted by Gasteiger charge is -2.08. The van der Waals surface area contributed by atoms with Crippen LogP contribution in [0, 0.1) is 6.92 Å². The summed E-state index contributed by atoms with van der Waals surface area (Å²) in [5.41, 5.74) is 7.54. The number of nitrogens with zero attached hydrogens (tertiary/aromatic N) is 2. The standard InChI is InChI=1S/C10H12ClN3O/c1-6-9(8(15)5-12)14-4-2-3-7(11)10(14)13-6/h2-4,8,15H,5,12H2,1H3. The Hall–Kier alpha value is -1.10. The zero-order valence-electron chi connectivity index (χ0n) is 8.31. The van der Waals surface area contributed by atoms with Crippen LogP contribution in [-0.4, -0.2) is 21.0 Å². The van der Waals surface area contributed by atoms with E-state index in [1.807, 2.05) is 19.2 Å². The summed E-state index contributed by atoms with van der Waals surface area (Å²) in [4.78, 5) is 4.30. The number of aromatic nitrogens is 2. The molecule has 2 aromatic rings. The van der Waals surface area contributed by atoms with Gasteiger partial charge in [-0.1, -0.05) is 11.6 Å². The molecule has 3 N–H and O–H groups in total. The average molecular weight is 226 g/mol. The second-order valence-corrected chi connectivity index (χ2v) is 3.79. The maximum Gasteiger partial charge on any atom is 0.156 e. The molecule has 4 nitrogen and oxygen atoms in total. The highest BCUT2D eigenvalue weighted by atomic mass is 35.5. The van der Waals surface area contributed by atoms with E-state index in [0.29, 0.717) is 16.4 Å². The summed E-state index contributed by atoms with van der Waals surface area (Å²) in [6.07, 6.45) is 1.11. The molecule has 5 heteroatoms. The van der Waals surface area contributed by atoms with Crippen LogP contribution in [0.5, 0.6) is 0 Å². The predicted octanol–water partition coefficient (Wildman–Crippen LogP) is 1.29. The number of aliphatic hydroxyl groups excluding tert-OH is 1. The van der Waals surface area contributed by atoms with E-state index in [2.05, 4.69) is 4.98 Å². The van der Waals surface area contributed by atoms with Gasteiger partial charge in [0.05, 0.1) is 16.4 Å². The fourth-order valence-corrected chi connectivity index (χ4v) is 1.89. The van der Waals surface area contributed by atoms with Crippen LogP contribution in [0.15, 0.2) is 18.3 Å². The molecule has 0 aliphatic carbocycles. The van der Waals surface area contributed by atoms with Gasteiger partial charge in [-0.3, -0.25) is 4.40 Å². The molecule has 0 amide bonds. The summed E-state index contributed by atoms with van der Waals surface area (Å²) in [6.45, 7) is 2.00. The fraction of sp³-hybridized carbons (Fsp3) is 0.300. The van der Waals surface area contributed by atoms with Crippen LogP contribution >= 0.6 is 11.6 Å². The lowest BCUT2D eigenvalue weighted by molar-refractivity contribution is 0.180. The van der Waals surface area contributed by atoms with Crippen molar-refractivity contribution in [2.75, 3.05) is 6.54 Å². The number of halogens is 1. The van der Waals surface area contributed by atoms with Gasteiger partial charge < -0.3 is 10.8 Å². The lowest BCUT2D eigenvalue weighted by Crippen LogP contribution is -2.14. The molecule has 0 fully saturated rings. The van der Waals surface area contributed by atoms with Gasteiger partial charge in [-0.25, -0.2) is 4.98 Å². The highest BCUT2D eigenvalue weighted by molar-refractivity contribution is 6.33. The van der Waals surface area contributed by atoms with Gasteiger partial charge >= 0.3 is 0 Å². The topological polar surface area (TPSA) is 63.5 Å². The van der Waals surface area contributed by atoms with Gasteiger partial charge in [-0.2, -0.15) is 0 Å². The van der Waals surface area contributed by atoms with Crippen molar-refractivity contribution in [3.8, 4) is 0 Å². The first kappa shape index (κ1) is 10.4. The molecule has 80 valence electrons. The zero-order valence-corrected chi connectivity index (χ0v) is 9.07. The Kier molecular flexibility index (Phi) is 2.65. The van der Waals surface area contributed by atoms with E-state index in [1.54, 1.807) is 10.5 Å². The number of aliphatic hydroxyl groups is 1. The zero-order chi connectivity index (χ0) is 11.0. The Morgan fingerprint density at radius 1 is 1.67 bits per heavy atom. The maximum atomic E-state index is 9.76. The Balaban J connectivity index is 2.73. The van der Waals surface area contributed by atoms with Crippen molar-refractivity contribution in [1.29, 1.82) is 0 Å². The Morgan fingerprint density at radius 2 is 2.40 bits per heavy atom. The van der Waals surface area contributed by atoms with Crippen molar-refractivity contribution in [2.24, 2.45) is 5.73 Å². The van der Waals surface area contributed by atoms with E-state index in [-0.39, 0.29) is 6.54 Å². The molecular formula is C10H12ClN3O. The van der Waals surface area contributed by atoms with Crippen LogP contribution in [0.1, 0.15) is 17.5 Å². The van der Waals surface area contributed by atoms with E-state index in [4.69, 9.17) is 17.3 Å². The van der Waals surface area contributed by atoms with Crippen molar-refractivity contribution < 1.29 is 5.11 Å². The van der Waals surface area contributed by atoms with Crippen molar-refractivity contribution >= 4 is 17.2 Å². The molecule has 0 bridgehead atoms. The predicted molar refractivity (Wildman–Crippen MR) is 59.0 cm³/mol. The summed E-state index contributed by atoms with van der Waals surface area (Å²) in [5, 5.41) is 10.3. The fourth-order valence-electron chi connectivity index (χ4n) is 1.68. The van der Waals surface area contributed by atoms with Crippen LogP contribution < -0.4 is 5.73 Å². The number of rotatable bonds is 2. The molecule has 2 rings (SSSR count). The summed E-state index contributed by atoms with van der Waals surface area (Å²) in [5.74, 6) is 0. The van der Waals surface area contributed by atoms with Gasteiger partial charge in [0, 0.05) is 12.7 Å². The van der Waals surface area contributed by atoms with Crippen LogP contribution in [-0.2, 0) is 0 Å². The van der Waals surface area contributed by atoms with E-state index >= 15 is 0 Å². The summed E-state index contributed by atoms with van der Waals surface area (Å²) >= 11 is 5.99. The van der Waals surface area contributed by atoms with Gasteiger partial charge in [0.1, 0.15) is 6.10 Å². The highest BCUT2D eigenvalue weighted by Gasteiger charge is 2.16. The number of aryl methyl sites for hydroxylation is 1. The molecule has 2 aromatic heterocycles. The van der Waals surface area contributed by atoms with Crippen LogP contribution in [0.3, 0.4) is 0 Å². The van der Waals surface area contributed by atoms with E-state index in [1.165, 1.54) is 0 Å². The Labute approximate surface area is 92.3 Å². The minimum absolute atomic E-state index is 0.168. The second-order valence-electron chi connectivity index (χ2n) is 3.38. The monoisotopic (exact) mass is 225 g/mol. The molecule has 1 unspecified atom stereocenters. The lowest BCUT2D eigenvalue weighted by atomic mass is 10.2. The quantitative estimate of drug-likeness (QED) is 0.810. The molecule has 0 spiro atoms. The molecule has 15 heavy (non-hydrogen) atoms. The Morgan fingerprint density at radius 3 is 3.07 bits per heavy atom. The minimum atomic E-state index is -0.710. The number of pyridine rings is 1. The average Bonchev–Trinajstić information content (AvgIpc) is 2.55. The smallest absolute Gasteiger partial charge is 0.156 e. The SMILES string of the molecule is Cc1nc2c(Cl)cccn2c1C(O)CN. The summed E-state index contributed by atoms with van der Waals surface area (Å²) in [7, 11) is 0. The molecule has 0 saturated carbocycles. The molecule has 0 radical (unpaired) electrons. The van der Waals surface area contributed by atoms with Gasteiger partial charge in [0.15, 0.2) is 5.65 Å². The van der Waals surface area contributed by atoms with Gasteiger partial charge in [0.25, 0.3) is 0 Å². The Bertz CT molecular complexity index is 495. The van der Waals surface area contributed by atoms with E-state index in [9.17, 15) is 5.11 Å². The molecular weight excluding hydrogens is 214 g/mol. The molecule has 1 atom stereocenters. The van der Waals surface area contributed by atoms with Crippen molar-refractivity contribution in [2.45, 2.75) is 13.0 Å².